The number of aromatic nitrogens is 3. The molecular weight excluding hydrogens is 259 g/mol. The van der Waals surface area contributed by atoms with Gasteiger partial charge in [0.05, 0.1) is 6.54 Å². The first-order chi connectivity index (χ1) is 8.84. The number of hydrogen-bond acceptors (Lipinski definition) is 4. The molecule has 0 radical (unpaired) electrons. The molecule has 1 aromatic rings. The van der Waals surface area contributed by atoms with E-state index in [1.807, 2.05) is 14.0 Å². The van der Waals surface area contributed by atoms with Crippen LogP contribution in [0, 0.1) is 0 Å². The fourth-order valence-electron chi connectivity index (χ4n) is 2.29. The summed E-state index contributed by atoms with van der Waals surface area (Å²) in [5, 5.41) is 10.1. The van der Waals surface area contributed by atoms with Gasteiger partial charge in [-0.25, -0.2) is 0 Å². The average molecular weight is 277 g/mol. The van der Waals surface area contributed by atoms with Crippen molar-refractivity contribution >= 4 is 0 Å². The third kappa shape index (κ3) is 2.74. The zero-order chi connectivity index (χ0) is 14.2. The molecule has 0 spiro atoms. The van der Waals surface area contributed by atoms with Crippen molar-refractivity contribution in [3.05, 3.63) is 11.6 Å². The topological polar surface area (TPSA) is 46.0 Å². The maximum atomic E-state index is 12.7. The molecule has 0 aromatic carbocycles. The molecule has 8 heteroatoms. The normalized spacial score (nSPS) is 20.1. The van der Waals surface area contributed by atoms with Gasteiger partial charge in [0.1, 0.15) is 5.82 Å². The number of alkyl halides is 3. The van der Waals surface area contributed by atoms with E-state index in [9.17, 15) is 13.2 Å². The Morgan fingerprint density at radius 1 is 1.21 bits per heavy atom. The zero-order valence-corrected chi connectivity index (χ0v) is 11.2. The Hall–Kier alpha value is -1.15. The third-order valence-electron chi connectivity index (χ3n) is 3.79. The Morgan fingerprint density at radius 3 is 2.47 bits per heavy atom. The first-order valence-corrected chi connectivity index (χ1v) is 6.25. The van der Waals surface area contributed by atoms with Crippen molar-refractivity contribution in [2.24, 2.45) is 0 Å². The molecule has 0 saturated carbocycles. The fourth-order valence-corrected chi connectivity index (χ4v) is 2.29. The van der Waals surface area contributed by atoms with Crippen LogP contribution in [0.4, 0.5) is 13.2 Å². The van der Waals surface area contributed by atoms with E-state index in [1.54, 1.807) is 0 Å². The van der Waals surface area contributed by atoms with Crippen molar-refractivity contribution in [3.8, 4) is 0 Å². The van der Waals surface area contributed by atoms with Gasteiger partial charge in [0, 0.05) is 25.2 Å². The Labute approximate surface area is 109 Å². The third-order valence-corrected chi connectivity index (χ3v) is 3.79. The number of rotatable bonds is 3. The highest BCUT2D eigenvalue weighted by atomic mass is 19.4. The summed E-state index contributed by atoms with van der Waals surface area (Å²) < 4.78 is 39.3. The minimum atomic E-state index is -4.43. The first-order valence-electron chi connectivity index (χ1n) is 6.25. The van der Waals surface area contributed by atoms with Crippen molar-refractivity contribution in [2.45, 2.75) is 45.2 Å². The summed E-state index contributed by atoms with van der Waals surface area (Å²) in [7, 11) is 1.87. The van der Waals surface area contributed by atoms with Gasteiger partial charge >= 0.3 is 6.18 Å². The Bertz CT molecular complexity index is 442. The molecule has 2 atom stereocenters. The summed E-state index contributed by atoms with van der Waals surface area (Å²) in [6, 6.07) is 0.487. The van der Waals surface area contributed by atoms with E-state index >= 15 is 0 Å². The van der Waals surface area contributed by atoms with Crippen LogP contribution in [0.2, 0.25) is 0 Å². The molecule has 2 unspecified atom stereocenters. The Morgan fingerprint density at radius 2 is 1.89 bits per heavy atom. The highest BCUT2D eigenvalue weighted by molar-refractivity contribution is 5.03. The number of nitrogens with zero attached hydrogens (tertiary/aromatic N) is 4. The molecule has 108 valence electrons. The van der Waals surface area contributed by atoms with Crippen molar-refractivity contribution < 1.29 is 13.2 Å². The summed E-state index contributed by atoms with van der Waals surface area (Å²) in [6.07, 6.45) is -4.43. The van der Waals surface area contributed by atoms with Gasteiger partial charge in [-0.15, -0.1) is 10.2 Å². The quantitative estimate of drug-likeness (QED) is 0.899. The highest BCUT2D eigenvalue weighted by Gasteiger charge is 2.39. The predicted molar refractivity (Wildman–Crippen MR) is 63.4 cm³/mol. The highest BCUT2D eigenvalue weighted by Crippen LogP contribution is 2.29. The minimum Gasteiger partial charge on any atom is -0.316 e. The van der Waals surface area contributed by atoms with E-state index in [4.69, 9.17) is 0 Å². The van der Waals surface area contributed by atoms with E-state index in [-0.39, 0.29) is 18.6 Å². The van der Waals surface area contributed by atoms with Crippen LogP contribution in [0.15, 0.2) is 0 Å². The molecule has 5 nitrogen and oxygen atoms in total. The summed E-state index contributed by atoms with van der Waals surface area (Å²) in [6.45, 7) is 5.35. The summed E-state index contributed by atoms with van der Waals surface area (Å²) in [5.74, 6) is -0.509. The van der Waals surface area contributed by atoms with Gasteiger partial charge in [0.2, 0.25) is 5.82 Å². The van der Waals surface area contributed by atoms with Gasteiger partial charge in [-0.1, -0.05) is 0 Å². The zero-order valence-electron chi connectivity index (χ0n) is 11.2. The van der Waals surface area contributed by atoms with Crippen LogP contribution >= 0.6 is 0 Å². The maximum Gasteiger partial charge on any atom is 0.451 e. The van der Waals surface area contributed by atoms with E-state index in [2.05, 4.69) is 27.3 Å². The first kappa shape index (κ1) is 14.3. The molecule has 0 aliphatic carbocycles. The van der Waals surface area contributed by atoms with Crippen LogP contribution in [0.25, 0.3) is 0 Å². The molecule has 1 aliphatic heterocycles. The summed E-state index contributed by atoms with van der Waals surface area (Å²) in [5.41, 5.74) is 0. The van der Waals surface area contributed by atoms with E-state index in [1.165, 1.54) is 4.57 Å². The van der Waals surface area contributed by atoms with E-state index < -0.39 is 12.0 Å². The van der Waals surface area contributed by atoms with Crippen molar-refractivity contribution in [1.29, 1.82) is 0 Å². The number of nitrogens with one attached hydrogen (secondary N) is 1. The molecule has 0 saturated heterocycles. The van der Waals surface area contributed by atoms with Gasteiger partial charge < -0.3 is 9.88 Å². The Balaban J connectivity index is 2.16. The standard InChI is InChI=1S/C11H18F3N5/c1-7(15-3)8(2)18-4-5-19-9(6-18)16-17-10(19)11(12,13)14/h7-8,15H,4-6H2,1-3H3. The van der Waals surface area contributed by atoms with Gasteiger partial charge in [0.15, 0.2) is 0 Å². The Kier molecular flexibility index (Phi) is 3.82. The van der Waals surface area contributed by atoms with Crippen LogP contribution in [-0.2, 0) is 19.3 Å². The molecular formula is C11H18F3N5. The van der Waals surface area contributed by atoms with Crippen LogP contribution in [0.3, 0.4) is 0 Å². The molecule has 2 heterocycles. The molecule has 19 heavy (non-hydrogen) atoms. The van der Waals surface area contributed by atoms with Crippen molar-refractivity contribution in [1.82, 2.24) is 25.0 Å². The molecule has 1 aromatic heterocycles. The van der Waals surface area contributed by atoms with Crippen LogP contribution in [-0.4, -0.2) is 45.3 Å². The lowest BCUT2D eigenvalue weighted by Crippen LogP contribution is -2.48. The van der Waals surface area contributed by atoms with Gasteiger partial charge in [-0.3, -0.25) is 4.90 Å². The number of likely N-dealkylation sites (N-methyl/N-ethyl adjacent to an activating group) is 1. The van der Waals surface area contributed by atoms with Crippen LogP contribution < -0.4 is 5.32 Å². The largest absolute Gasteiger partial charge is 0.451 e. The second kappa shape index (κ2) is 5.09. The lowest BCUT2D eigenvalue weighted by molar-refractivity contribution is -0.148. The molecule has 0 fully saturated rings. The molecule has 0 amide bonds. The van der Waals surface area contributed by atoms with E-state index in [0.29, 0.717) is 18.9 Å². The predicted octanol–water partition coefficient (Wildman–Crippen LogP) is 1.11. The van der Waals surface area contributed by atoms with Gasteiger partial charge in [-0.05, 0) is 20.9 Å². The second-order valence-corrected chi connectivity index (χ2v) is 4.88. The maximum absolute atomic E-state index is 12.7. The minimum absolute atomic E-state index is 0.227. The second-order valence-electron chi connectivity index (χ2n) is 4.88. The number of hydrogen-bond donors (Lipinski definition) is 1. The molecule has 1 aliphatic rings. The molecule has 2 rings (SSSR count). The van der Waals surface area contributed by atoms with Crippen molar-refractivity contribution in [3.63, 3.8) is 0 Å². The average Bonchev–Trinajstić information content (AvgIpc) is 2.79. The van der Waals surface area contributed by atoms with Crippen LogP contribution in [0.1, 0.15) is 25.5 Å². The lowest BCUT2D eigenvalue weighted by Gasteiger charge is -2.35. The van der Waals surface area contributed by atoms with Crippen molar-refractivity contribution in [2.75, 3.05) is 13.6 Å². The van der Waals surface area contributed by atoms with E-state index in [0.717, 1.165) is 0 Å². The smallest absolute Gasteiger partial charge is 0.316 e. The van der Waals surface area contributed by atoms with Gasteiger partial charge in [-0.2, -0.15) is 13.2 Å². The number of fused-ring (bicyclic) bond motifs is 1. The molecule has 0 bridgehead atoms. The SMILES string of the molecule is CNC(C)C(C)N1CCn2c(nnc2C(F)(F)F)C1. The summed E-state index contributed by atoms with van der Waals surface area (Å²) >= 11 is 0. The lowest BCUT2D eigenvalue weighted by atomic mass is 10.1. The van der Waals surface area contributed by atoms with Gasteiger partial charge in [0.25, 0.3) is 0 Å². The fraction of sp³-hybridized carbons (Fsp3) is 0.818. The monoisotopic (exact) mass is 277 g/mol. The molecule has 1 N–H and O–H groups in total. The number of halogens is 3. The van der Waals surface area contributed by atoms with Crippen LogP contribution in [0.5, 0.6) is 0 Å². The summed E-state index contributed by atoms with van der Waals surface area (Å²) in [4.78, 5) is 2.12.